The second kappa shape index (κ2) is 6.04. The Morgan fingerprint density at radius 2 is 2.10 bits per heavy atom. The first-order valence-corrected chi connectivity index (χ1v) is 7.04. The summed E-state index contributed by atoms with van der Waals surface area (Å²) >= 11 is 0. The van der Waals surface area contributed by atoms with Crippen LogP contribution in [0.4, 0.5) is 13.2 Å². The Balaban J connectivity index is 2.29. The molecule has 2 nitrogen and oxygen atoms in total. The molecular formula is C15H20F3NO. The first kappa shape index (κ1) is 15.2. The SMILES string of the molecule is CCCN(CC(F)(F)F)C1CCCc2c(O)cccc21. The fourth-order valence-corrected chi connectivity index (χ4v) is 3.05. The van der Waals surface area contributed by atoms with E-state index in [2.05, 4.69) is 0 Å². The molecule has 0 heterocycles. The molecule has 0 aliphatic heterocycles. The minimum atomic E-state index is -4.19. The quantitative estimate of drug-likeness (QED) is 0.903. The molecule has 1 aromatic carbocycles. The van der Waals surface area contributed by atoms with E-state index in [1.165, 1.54) is 4.90 Å². The van der Waals surface area contributed by atoms with Gasteiger partial charge in [0.2, 0.25) is 0 Å². The van der Waals surface area contributed by atoms with Gasteiger partial charge in [0.25, 0.3) is 0 Å². The highest BCUT2D eigenvalue weighted by Gasteiger charge is 2.35. The average Bonchev–Trinajstić information content (AvgIpc) is 2.37. The van der Waals surface area contributed by atoms with Crippen molar-refractivity contribution in [3.63, 3.8) is 0 Å². The van der Waals surface area contributed by atoms with Crippen molar-refractivity contribution in [1.29, 1.82) is 0 Å². The number of rotatable bonds is 4. The summed E-state index contributed by atoms with van der Waals surface area (Å²) in [4.78, 5) is 1.50. The lowest BCUT2D eigenvalue weighted by molar-refractivity contribution is -0.152. The molecule has 1 aromatic rings. The Labute approximate surface area is 117 Å². The van der Waals surface area contributed by atoms with E-state index in [9.17, 15) is 18.3 Å². The molecule has 1 atom stereocenters. The molecule has 2 rings (SSSR count). The highest BCUT2D eigenvalue weighted by molar-refractivity contribution is 5.42. The summed E-state index contributed by atoms with van der Waals surface area (Å²) in [7, 11) is 0. The topological polar surface area (TPSA) is 23.5 Å². The third kappa shape index (κ3) is 3.45. The van der Waals surface area contributed by atoms with Crippen LogP contribution in [0.1, 0.15) is 43.4 Å². The molecule has 0 aromatic heterocycles. The number of aromatic hydroxyl groups is 1. The molecule has 0 amide bonds. The zero-order chi connectivity index (χ0) is 14.8. The van der Waals surface area contributed by atoms with Crippen molar-refractivity contribution in [1.82, 2.24) is 4.90 Å². The van der Waals surface area contributed by atoms with Crippen LogP contribution in [0.3, 0.4) is 0 Å². The molecule has 0 saturated heterocycles. The zero-order valence-electron chi connectivity index (χ0n) is 11.6. The molecular weight excluding hydrogens is 267 g/mol. The molecule has 112 valence electrons. The van der Waals surface area contributed by atoms with Gasteiger partial charge in [-0.15, -0.1) is 0 Å². The molecule has 1 unspecified atom stereocenters. The Kier molecular flexibility index (Phi) is 4.58. The van der Waals surface area contributed by atoms with Gasteiger partial charge in [0, 0.05) is 6.04 Å². The van der Waals surface area contributed by atoms with Gasteiger partial charge in [-0.05, 0) is 49.4 Å². The maximum absolute atomic E-state index is 12.7. The number of hydrogen-bond donors (Lipinski definition) is 1. The summed E-state index contributed by atoms with van der Waals surface area (Å²) in [6.45, 7) is 1.41. The maximum Gasteiger partial charge on any atom is 0.401 e. The van der Waals surface area contributed by atoms with Crippen LogP contribution in [0.5, 0.6) is 5.75 Å². The number of fused-ring (bicyclic) bond motifs is 1. The second-order valence-electron chi connectivity index (χ2n) is 5.34. The predicted molar refractivity (Wildman–Crippen MR) is 71.7 cm³/mol. The molecule has 1 aliphatic rings. The monoisotopic (exact) mass is 287 g/mol. The van der Waals surface area contributed by atoms with Crippen molar-refractivity contribution < 1.29 is 18.3 Å². The van der Waals surface area contributed by atoms with E-state index in [1.54, 1.807) is 12.1 Å². The summed E-state index contributed by atoms with van der Waals surface area (Å²) in [5, 5.41) is 9.88. The summed E-state index contributed by atoms with van der Waals surface area (Å²) in [5.74, 6) is 0.204. The van der Waals surface area contributed by atoms with Gasteiger partial charge in [0.05, 0.1) is 6.54 Å². The van der Waals surface area contributed by atoms with Crippen LogP contribution in [-0.4, -0.2) is 29.3 Å². The lowest BCUT2D eigenvalue weighted by Crippen LogP contribution is -2.39. The van der Waals surface area contributed by atoms with Gasteiger partial charge in [-0.2, -0.15) is 13.2 Å². The lowest BCUT2D eigenvalue weighted by Gasteiger charge is -2.36. The third-order valence-corrected chi connectivity index (χ3v) is 3.78. The number of hydrogen-bond acceptors (Lipinski definition) is 2. The molecule has 1 N–H and O–H groups in total. The Hall–Kier alpha value is -1.23. The van der Waals surface area contributed by atoms with Crippen molar-refractivity contribution in [3.05, 3.63) is 29.3 Å². The summed E-state index contributed by atoms with van der Waals surface area (Å²) < 4.78 is 38.2. The zero-order valence-corrected chi connectivity index (χ0v) is 11.6. The van der Waals surface area contributed by atoms with E-state index in [1.807, 2.05) is 13.0 Å². The molecule has 0 spiro atoms. The number of halogens is 3. The average molecular weight is 287 g/mol. The first-order valence-electron chi connectivity index (χ1n) is 7.04. The van der Waals surface area contributed by atoms with Crippen molar-refractivity contribution >= 4 is 0 Å². The van der Waals surface area contributed by atoms with Crippen LogP contribution in [-0.2, 0) is 6.42 Å². The number of benzene rings is 1. The number of phenolic OH excluding ortho intramolecular Hbond substituents is 1. The van der Waals surface area contributed by atoms with E-state index in [4.69, 9.17) is 0 Å². The standard InChI is InChI=1S/C15H20F3NO/c1-2-9-19(10-15(16,17)18)13-7-3-6-12-11(13)5-4-8-14(12)20/h4-5,8,13,20H,2-3,6-7,9-10H2,1H3. The summed E-state index contributed by atoms with van der Waals surface area (Å²) in [5.41, 5.74) is 1.67. The normalized spacial score (nSPS) is 19.1. The van der Waals surface area contributed by atoms with Gasteiger partial charge in [-0.25, -0.2) is 0 Å². The van der Waals surface area contributed by atoms with Crippen molar-refractivity contribution in [2.24, 2.45) is 0 Å². The Morgan fingerprint density at radius 1 is 1.35 bits per heavy atom. The van der Waals surface area contributed by atoms with Crippen LogP contribution in [0.2, 0.25) is 0 Å². The third-order valence-electron chi connectivity index (χ3n) is 3.78. The molecule has 0 fully saturated rings. The predicted octanol–water partition coefficient (Wildman–Crippen LogP) is 4.04. The molecule has 0 bridgehead atoms. The van der Waals surface area contributed by atoms with Crippen molar-refractivity contribution in [3.8, 4) is 5.75 Å². The number of alkyl halides is 3. The van der Waals surface area contributed by atoms with Gasteiger partial charge in [0.1, 0.15) is 5.75 Å². The summed E-state index contributed by atoms with van der Waals surface area (Å²) in [6, 6.07) is 4.92. The highest BCUT2D eigenvalue weighted by atomic mass is 19.4. The minimum absolute atomic E-state index is 0.204. The van der Waals surface area contributed by atoms with Crippen LogP contribution in [0.15, 0.2) is 18.2 Å². The molecule has 0 saturated carbocycles. The maximum atomic E-state index is 12.7. The van der Waals surface area contributed by atoms with Crippen molar-refractivity contribution in [2.45, 2.75) is 44.8 Å². The van der Waals surface area contributed by atoms with Gasteiger partial charge < -0.3 is 5.11 Å². The number of nitrogens with zero attached hydrogens (tertiary/aromatic N) is 1. The van der Waals surface area contributed by atoms with Crippen molar-refractivity contribution in [2.75, 3.05) is 13.1 Å². The van der Waals surface area contributed by atoms with E-state index in [0.717, 1.165) is 24.0 Å². The lowest BCUT2D eigenvalue weighted by atomic mass is 9.86. The van der Waals surface area contributed by atoms with Crippen LogP contribution >= 0.6 is 0 Å². The first-order chi connectivity index (χ1) is 9.42. The molecule has 0 radical (unpaired) electrons. The van der Waals surface area contributed by atoms with Gasteiger partial charge >= 0.3 is 6.18 Å². The van der Waals surface area contributed by atoms with Crippen LogP contribution in [0, 0.1) is 0 Å². The fraction of sp³-hybridized carbons (Fsp3) is 0.600. The fourth-order valence-electron chi connectivity index (χ4n) is 3.05. The number of phenols is 1. The molecule has 5 heteroatoms. The molecule has 20 heavy (non-hydrogen) atoms. The molecule has 1 aliphatic carbocycles. The highest BCUT2D eigenvalue weighted by Crippen LogP contribution is 2.39. The Morgan fingerprint density at radius 3 is 2.75 bits per heavy atom. The Bertz CT molecular complexity index is 459. The summed E-state index contributed by atoms with van der Waals surface area (Å²) in [6.07, 6.45) is -1.24. The van der Waals surface area contributed by atoms with E-state index < -0.39 is 12.7 Å². The van der Waals surface area contributed by atoms with Crippen LogP contribution in [0.25, 0.3) is 0 Å². The van der Waals surface area contributed by atoms with Gasteiger partial charge in [0.15, 0.2) is 0 Å². The minimum Gasteiger partial charge on any atom is -0.508 e. The second-order valence-corrected chi connectivity index (χ2v) is 5.34. The largest absolute Gasteiger partial charge is 0.508 e. The van der Waals surface area contributed by atoms with E-state index >= 15 is 0 Å². The smallest absolute Gasteiger partial charge is 0.401 e. The van der Waals surface area contributed by atoms with E-state index in [-0.39, 0.29) is 11.8 Å². The van der Waals surface area contributed by atoms with E-state index in [0.29, 0.717) is 19.4 Å². The van der Waals surface area contributed by atoms with Gasteiger partial charge in [-0.3, -0.25) is 4.90 Å². The van der Waals surface area contributed by atoms with Crippen LogP contribution < -0.4 is 0 Å². The van der Waals surface area contributed by atoms with Gasteiger partial charge in [-0.1, -0.05) is 19.1 Å².